The first-order chi connectivity index (χ1) is 13.6. The van der Waals surface area contributed by atoms with E-state index in [0.717, 1.165) is 24.0 Å². The predicted octanol–water partition coefficient (Wildman–Crippen LogP) is 2.50. The number of amides is 3. The van der Waals surface area contributed by atoms with Gasteiger partial charge in [-0.2, -0.15) is 0 Å². The average Bonchev–Trinajstić information content (AvgIpc) is 2.73. The van der Waals surface area contributed by atoms with Crippen LogP contribution in [0.5, 0.6) is 5.88 Å². The van der Waals surface area contributed by atoms with Crippen molar-refractivity contribution in [2.24, 2.45) is 0 Å². The van der Waals surface area contributed by atoms with Gasteiger partial charge in [-0.3, -0.25) is 4.79 Å². The second-order valence-electron chi connectivity index (χ2n) is 6.91. The second-order valence-corrected chi connectivity index (χ2v) is 6.91. The van der Waals surface area contributed by atoms with Crippen LogP contribution in [-0.2, 0) is 6.54 Å². The lowest BCUT2D eigenvalue weighted by Crippen LogP contribution is -2.49. The van der Waals surface area contributed by atoms with E-state index in [9.17, 15) is 9.59 Å². The number of methoxy groups -OCH3 is 1. The van der Waals surface area contributed by atoms with E-state index >= 15 is 0 Å². The molecule has 0 spiro atoms. The largest absolute Gasteiger partial charge is 0.481 e. The summed E-state index contributed by atoms with van der Waals surface area (Å²) in [6.45, 7) is 3.58. The number of piperidine rings is 1. The first-order valence-corrected chi connectivity index (χ1v) is 9.45. The number of ether oxygens (including phenoxy) is 1. The third-order valence-electron chi connectivity index (χ3n) is 4.96. The molecule has 1 saturated heterocycles. The van der Waals surface area contributed by atoms with Gasteiger partial charge in [-0.1, -0.05) is 18.2 Å². The van der Waals surface area contributed by atoms with E-state index in [4.69, 9.17) is 4.74 Å². The molecule has 0 saturated carbocycles. The Morgan fingerprint density at radius 1 is 1.21 bits per heavy atom. The summed E-state index contributed by atoms with van der Waals surface area (Å²) >= 11 is 0. The summed E-state index contributed by atoms with van der Waals surface area (Å²) in [4.78, 5) is 30.7. The van der Waals surface area contributed by atoms with E-state index in [1.54, 1.807) is 24.3 Å². The fourth-order valence-electron chi connectivity index (χ4n) is 3.28. The summed E-state index contributed by atoms with van der Waals surface area (Å²) in [5.41, 5.74) is 2.60. The van der Waals surface area contributed by atoms with Crippen LogP contribution in [0.4, 0.5) is 4.79 Å². The van der Waals surface area contributed by atoms with Crippen LogP contribution in [0.1, 0.15) is 34.3 Å². The molecule has 1 aliphatic rings. The van der Waals surface area contributed by atoms with Gasteiger partial charge in [0.2, 0.25) is 5.88 Å². The number of aromatic nitrogens is 1. The van der Waals surface area contributed by atoms with Crippen LogP contribution in [0.3, 0.4) is 0 Å². The fourth-order valence-corrected chi connectivity index (χ4v) is 3.28. The smallest absolute Gasteiger partial charge is 0.317 e. The monoisotopic (exact) mass is 382 g/mol. The number of aryl methyl sites for hydroxylation is 1. The van der Waals surface area contributed by atoms with Gasteiger partial charge in [-0.05, 0) is 43.0 Å². The third kappa shape index (κ3) is 5.00. The molecule has 1 aromatic heterocycles. The van der Waals surface area contributed by atoms with Crippen LogP contribution in [0.2, 0.25) is 0 Å². The lowest BCUT2D eigenvalue weighted by Gasteiger charge is -2.32. The molecule has 2 aromatic rings. The molecule has 0 radical (unpaired) electrons. The molecular formula is C21H26N4O3. The van der Waals surface area contributed by atoms with Gasteiger partial charge in [0.05, 0.1) is 7.11 Å². The molecule has 148 valence electrons. The molecule has 28 heavy (non-hydrogen) atoms. The van der Waals surface area contributed by atoms with E-state index in [1.807, 2.05) is 37.3 Å². The van der Waals surface area contributed by atoms with E-state index < -0.39 is 0 Å². The third-order valence-corrected chi connectivity index (χ3v) is 4.96. The van der Waals surface area contributed by atoms with Crippen LogP contribution in [0.25, 0.3) is 0 Å². The van der Waals surface area contributed by atoms with Gasteiger partial charge >= 0.3 is 6.03 Å². The van der Waals surface area contributed by atoms with Gasteiger partial charge < -0.3 is 20.3 Å². The minimum absolute atomic E-state index is 0.0485. The number of nitrogens with zero attached hydrogens (tertiary/aromatic N) is 2. The number of likely N-dealkylation sites (tertiary alicyclic amines) is 1. The predicted molar refractivity (Wildman–Crippen MR) is 106 cm³/mol. The zero-order valence-corrected chi connectivity index (χ0v) is 16.3. The first kappa shape index (κ1) is 19.7. The van der Waals surface area contributed by atoms with Gasteiger partial charge in [0.1, 0.15) is 0 Å². The maximum Gasteiger partial charge on any atom is 0.317 e. The highest BCUT2D eigenvalue weighted by Crippen LogP contribution is 2.14. The first-order valence-electron chi connectivity index (χ1n) is 9.45. The van der Waals surface area contributed by atoms with Gasteiger partial charge in [0.25, 0.3) is 5.91 Å². The molecule has 2 N–H and O–H groups in total. The van der Waals surface area contributed by atoms with Crippen molar-refractivity contribution in [2.45, 2.75) is 32.4 Å². The van der Waals surface area contributed by atoms with Gasteiger partial charge in [-0.25, -0.2) is 9.78 Å². The number of rotatable bonds is 5. The van der Waals surface area contributed by atoms with Crippen molar-refractivity contribution in [2.75, 3.05) is 20.2 Å². The molecule has 3 rings (SSSR count). The summed E-state index contributed by atoms with van der Waals surface area (Å²) in [5.74, 6) is 0.476. The van der Waals surface area contributed by atoms with E-state index in [-0.39, 0.29) is 18.0 Å². The Kier molecular flexibility index (Phi) is 6.47. The summed E-state index contributed by atoms with van der Waals surface area (Å²) in [6, 6.07) is 11.2. The maximum absolute atomic E-state index is 12.4. The molecule has 2 heterocycles. The van der Waals surface area contributed by atoms with Crippen molar-refractivity contribution in [1.29, 1.82) is 0 Å². The Bertz CT molecular complexity index is 832. The van der Waals surface area contributed by atoms with Crippen molar-refractivity contribution in [3.63, 3.8) is 0 Å². The highest BCUT2D eigenvalue weighted by atomic mass is 16.5. The van der Waals surface area contributed by atoms with E-state index in [1.165, 1.54) is 0 Å². The SMILES string of the molecule is COc1cc(CNC(=O)N2CCC(NC(=O)c3ccccc3C)CC2)ccn1. The number of carbonyl (C=O) groups is 2. The summed E-state index contributed by atoms with van der Waals surface area (Å²) in [7, 11) is 1.56. The van der Waals surface area contributed by atoms with Crippen molar-refractivity contribution < 1.29 is 14.3 Å². The number of hydrogen-bond donors (Lipinski definition) is 2. The van der Waals surface area contributed by atoms with Gasteiger partial charge in [0, 0.05) is 43.5 Å². The molecule has 1 aliphatic heterocycles. The van der Waals surface area contributed by atoms with Gasteiger partial charge in [0.15, 0.2) is 0 Å². The summed E-state index contributed by atoms with van der Waals surface area (Å²) in [6.07, 6.45) is 3.14. The van der Waals surface area contributed by atoms with Crippen LogP contribution in [0.15, 0.2) is 42.6 Å². The normalized spacial score (nSPS) is 14.4. The molecule has 7 heteroatoms. The lowest BCUT2D eigenvalue weighted by atomic mass is 10.0. The number of carbonyl (C=O) groups excluding carboxylic acids is 2. The number of hydrogen-bond acceptors (Lipinski definition) is 4. The van der Waals surface area contributed by atoms with E-state index in [0.29, 0.717) is 31.1 Å². The minimum atomic E-state index is -0.0977. The maximum atomic E-state index is 12.4. The molecule has 3 amide bonds. The summed E-state index contributed by atoms with van der Waals surface area (Å²) in [5, 5.41) is 6.01. The Morgan fingerprint density at radius 3 is 2.68 bits per heavy atom. The van der Waals surface area contributed by atoms with Crippen LogP contribution < -0.4 is 15.4 Å². The Balaban J connectivity index is 1.45. The molecule has 1 fully saturated rings. The van der Waals surface area contributed by atoms with Crippen molar-refractivity contribution >= 4 is 11.9 Å². The molecule has 0 atom stereocenters. The quantitative estimate of drug-likeness (QED) is 0.832. The van der Waals surface area contributed by atoms with Crippen LogP contribution in [-0.4, -0.2) is 48.1 Å². The number of pyridine rings is 1. The molecular weight excluding hydrogens is 356 g/mol. The minimum Gasteiger partial charge on any atom is -0.481 e. The molecule has 0 aliphatic carbocycles. The zero-order chi connectivity index (χ0) is 19.9. The number of urea groups is 1. The molecule has 0 bridgehead atoms. The van der Waals surface area contributed by atoms with Crippen LogP contribution >= 0.6 is 0 Å². The second kappa shape index (κ2) is 9.21. The lowest BCUT2D eigenvalue weighted by molar-refractivity contribution is 0.0917. The molecule has 1 aromatic carbocycles. The Morgan fingerprint density at radius 2 is 1.96 bits per heavy atom. The standard InChI is InChI=1S/C21H26N4O3/c1-15-5-3-4-6-18(15)20(26)24-17-8-11-25(12-9-17)21(27)23-14-16-7-10-22-19(13-16)28-2/h3-7,10,13,17H,8-9,11-12,14H2,1-2H3,(H,23,27)(H,24,26). The Labute approximate surface area is 165 Å². The van der Waals surface area contributed by atoms with E-state index in [2.05, 4.69) is 15.6 Å². The topological polar surface area (TPSA) is 83.6 Å². The number of nitrogens with one attached hydrogen (secondary N) is 2. The van der Waals surface area contributed by atoms with Crippen LogP contribution in [0, 0.1) is 6.92 Å². The van der Waals surface area contributed by atoms with Crippen molar-refractivity contribution in [3.8, 4) is 5.88 Å². The molecule has 7 nitrogen and oxygen atoms in total. The van der Waals surface area contributed by atoms with Crippen molar-refractivity contribution in [3.05, 3.63) is 59.3 Å². The number of benzene rings is 1. The highest BCUT2D eigenvalue weighted by molar-refractivity contribution is 5.95. The fraction of sp³-hybridized carbons (Fsp3) is 0.381. The summed E-state index contributed by atoms with van der Waals surface area (Å²) < 4.78 is 5.09. The zero-order valence-electron chi connectivity index (χ0n) is 16.3. The average molecular weight is 382 g/mol. The molecule has 0 unspecified atom stereocenters. The highest BCUT2D eigenvalue weighted by Gasteiger charge is 2.24. The Hall–Kier alpha value is -3.09. The van der Waals surface area contributed by atoms with Gasteiger partial charge in [-0.15, -0.1) is 0 Å². The van der Waals surface area contributed by atoms with Crippen molar-refractivity contribution in [1.82, 2.24) is 20.5 Å².